The molecule has 2 aromatic carbocycles. The van der Waals surface area contributed by atoms with Crippen molar-refractivity contribution in [1.82, 2.24) is 0 Å². The summed E-state index contributed by atoms with van der Waals surface area (Å²) in [6, 6.07) is 12.4. The van der Waals surface area contributed by atoms with Crippen molar-refractivity contribution < 1.29 is 27.8 Å². The van der Waals surface area contributed by atoms with Gasteiger partial charge in [-0.05, 0) is 58.3 Å². The predicted octanol–water partition coefficient (Wildman–Crippen LogP) is 5.53. The van der Waals surface area contributed by atoms with Crippen molar-refractivity contribution in [2.75, 3.05) is 18.0 Å². The van der Waals surface area contributed by atoms with Gasteiger partial charge >= 0.3 is 12.1 Å². The van der Waals surface area contributed by atoms with E-state index < -0.39 is 23.6 Å². The molecule has 8 heteroatoms. The Kier molecular flexibility index (Phi) is 5.42. The molecular weight excluding hydrogens is 415 g/mol. The third-order valence-corrected chi connectivity index (χ3v) is 5.77. The molecule has 156 valence electrons. The third kappa shape index (κ3) is 4.28. The fourth-order valence-corrected chi connectivity index (χ4v) is 3.96. The Morgan fingerprint density at radius 1 is 1.17 bits per heavy atom. The highest BCUT2D eigenvalue weighted by molar-refractivity contribution is 7.07. The van der Waals surface area contributed by atoms with Crippen molar-refractivity contribution in [3.8, 4) is 16.9 Å². The summed E-state index contributed by atoms with van der Waals surface area (Å²) in [6.45, 7) is 1.01. The maximum atomic E-state index is 13.3. The first kappa shape index (κ1) is 20.3. The minimum absolute atomic E-state index is 0.258. The van der Waals surface area contributed by atoms with Gasteiger partial charge in [-0.3, -0.25) is 4.79 Å². The number of benzene rings is 2. The van der Waals surface area contributed by atoms with Gasteiger partial charge in [-0.25, -0.2) is 0 Å². The Balaban J connectivity index is 1.65. The summed E-state index contributed by atoms with van der Waals surface area (Å²) >= 11 is 1.52. The molecule has 1 saturated heterocycles. The molecule has 3 aromatic rings. The van der Waals surface area contributed by atoms with E-state index in [2.05, 4.69) is 0 Å². The molecule has 0 unspecified atom stereocenters. The zero-order valence-corrected chi connectivity index (χ0v) is 16.5. The fraction of sp³-hybridized carbons (Fsp3) is 0.227. The number of halogens is 3. The molecule has 4 nitrogen and oxygen atoms in total. The van der Waals surface area contributed by atoms with Crippen molar-refractivity contribution in [3.63, 3.8) is 0 Å². The van der Waals surface area contributed by atoms with Crippen LogP contribution in [0.3, 0.4) is 0 Å². The van der Waals surface area contributed by atoms with E-state index in [1.54, 1.807) is 18.2 Å². The average molecular weight is 433 g/mol. The van der Waals surface area contributed by atoms with Crippen molar-refractivity contribution in [2.24, 2.45) is 5.92 Å². The molecule has 0 aliphatic carbocycles. The molecule has 0 saturated carbocycles. The van der Waals surface area contributed by atoms with Gasteiger partial charge in [-0.1, -0.05) is 12.1 Å². The van der Waals surface area contributed by atoms with Crippen LogP contribution < -0.4 is 9.64 Å². The molecule has 0 radical (unpaired) electrons. The lowest BCUT2D eigenvalue weighted by molar-refractivity contribution is -0.142. The zero-order chi connectivity index (χ0) is 21.3. The molecule has 0 amide bonds. The molecule has 1 N–H and O–H groups in total. The topological polar surface area (TPSA) is 49.8 Å². The summed E-state index contributed by atoms with van der Waals surface area (Å²) in [4.78, 5) is 12.9. The van der Waals surface area contributed by atoms with E-state index in [1.165, 1.54) is 17.4 Å². The second-order valence-electron chi connectivity index (χ2n) is 7.12. The number of ether oxygens (including phenoxy) is 1. The summed E-state index contributed by atoms with van der Waals surface area (Å²) < 4.78 is 45.8. The molecule has 4 rings (SSSR count). The highest BCUT2D eigenvalue weighted by atomic mass is 32.1. The Morgan fingerprint density at radius 3 is 2.63 bits per heavy atom. The highest BCUT2D eigenvalue weighted by Gasteiger charge is 2.33. The number of hydrogen-bond acceptors (Lipinski definition) is 4. The molecule has 0 spiro atoms. The van der Waals surface area contributed by atoms with Crippen molar-refractivity contribution >= 4 is 23.0 Å². The van der Waals surface area contributed by atoms with Gasteiger partial charge in [0.2, 0.25) is 0 Å². The maximum absolute atomic E-state index is 13.3. The number of alkyl halides is 3. The van der Waals surface area contributed by atoms with Gasteiger partial charge in [0.15, 0.2) is 0 Å². The third-order valence-electron chi connectivity index (χ3n) is 5.03. The average Bonchev–Trinajstić information content (AvgIpc) is 3.18. The highest BCUT2D eigenvalue weighted by Crippen LogP contribution is 2.39. The second kappa shape index (κ2) is 8.02. The predicted molar refractivity (Wildman–Crippen MR) is 109 cm³/mol. The Hall–Kier alpha value is -3.00. The van der Waals surface area contributed by atoms with E-state index in [0.29, 0.717) is 30.0 Å². The van der Waals surface area contributed by atoms with Crippen molar-refractivity contribution in [1.29, 1.82) is 0 Å². The Bertz CT molecular complexity index is 1040. The van der Waals surface area contributed by atoms with Gasteiger partial charge in [0.25, 0.3) is 0 Å². The monoisotopic (exact) mass is 433 g/mol. The number of thiophene rings is 1. The van der Waals surface area contributed by atoms with E-state index in [1.807, 2.05) is 27.8 Å². The van der Waals surface area contributed by atoms with Crippen LogP contribution in [0.25, 0.3) is 11.1 Å². The van der Waals surface area contributed by atoms with Crippen LogP contribution in [0.1, 0.15) is 11.1 Å². The van der Waals surface area contributed by atoms with Crippen LogP contribution in [0.4, 0.5) is 18.9 Å². The van der Waals surface area contributed by atoms with E-state index in [0.717, 1.165) is 23.4 Å². The summed E-state index contributed by atoms with van der Waals surface area (Å²) in [6.07, 6.45) is -4.47. The summed E-state index contributed by atoms with van der Waals surface area (Å²) in [5, 5.41) is 12.9. The molecule has 2 heterocycles. The van der Waals surface area contributed by atoms with E-state index >= 15 is 0 Å². The number of nitrogens with zero attached hydrogens (tertiary/aromatic N) is 1. The van der Waals surface area contributed by atoms with Crippen LogP contribution >= 0.6 is 11.3 Å². The molecule has 0 bridgehead atoms. The molecule has 1 aliphatic heterocycles. The van der Waals surface area contributed by atoms with Crippen LogP contribution in [0.15, 0.2) is 59.3 Å². The van der Waals surface area contributed by atoms with Gasteiger partial charge in [0.1, 0.15) is 12.4 Å². The molecule has 30 heavy (non-hydrogen) atoms. The molecular formula is C22H18F3NO3S. The smallest absolute Gasteiger partial charge is 0.416 e. The lowest BCUT2D eigenvalue weighted by atomic mass is 9.97. The van der Waals surface area contributed by atoms with Gasteiger partial charge in [-0.2, -0.15) is 24.5 Å². The first-order valence-electron chi connectivity index (χ1n) is 9.24. The van der Waals surface area contributed by atoms with Crippen LogP contribution in [0.5, 0.6) is 5.75 Å². The summed E-state index contributed by atoms with van der Waals surface area (Å²) in [5.74, 6) is -0.908. The molecule has 1 aromatic heterocycles. The molecule has 1 aliphatic rings. The largest absolute Gasteiger partial charge is 0.488 e. The lowest BCUT2D eigenvalue weighted by Crippen LogP contribution is -2.50. The van der Waals surface area contributed by atoms with Crippen LogP contribution in [-0.4, -0.2) is 24.2 Å². The quantitative estimate of drug-likeness (QED) is 0.555. The van der Waals surface area contributed by atoms with Crippen LogP contribution in [0.2, 0.25) is 0 Å². The van der Waals surface area contributed by atoms with Crippen molar-refractivity contribution in [2.45, 2.75) is 12.8 Å². The van der Waals surface area contributed by atoms with E-state index in [-0.39, 0.29) is 6.61 Å². The first-order chi connectivity index (χ1) is 14.3. The summed E-state index contributed by atoms with van der Waals surface area (Å²) in [5.41, 5.74) is 1.89. The second-order valence-corrected chi connectivity index (χ2v) is 7.90. The van der Waals surface area contributed by atoms with Gasteiger partial charge < -0.3 is 14.7 Å². The first-order valence-corrected chi connectivity index (χ1v) is 10.2. The van der Waals surface area contributed by atoms with E-state index in [4.69, 9.17) is 9.84 Å². The lowest BCUT2D eigenvalue weighted by Gasteiger charge is -2.38. The van der Waals surface area contributed by atoms with Crippen LogP contribution in [-0.2, 0) is 17.6 Å². The van der Waals surface area contributed by atoms with Crippen LogP contribution in [0, 0.1) is 5.92 Å². The maximum Gasteiger partial charge on any atom is 0.416 e. The van der Waals surface area contributed by atoms with Gasteiger partial charge in [-0.15, -0.1) is 0 Å². The molecule has 1 fully saturated rings. The summed E-state index contributed by atoms with van der Waals surface area (Å²) in [7, 11) is 0. The number of aliphatic carboxylic acids is 1. The van der Waals surface area contributed by atoms with Gasteiger partial charge in [0.05, 0.1) is 11.5 Å². The Morgan fingerprint density at radius 2 is 1.97 bits per heavy atom. The number of rotatable bonds is 6. The fourth-order valence-electron chi connectivity index (χ4n) is 3.31. The number of hydrogen-bond donors (Lipinski definition) is 1. The number of carboxylic acid groups (broad SMARTS) is 1. The SMILES string of the molecule is O=C(O)C1CN(c2cccc(-c3cc(C(F)(F)F)ccc3OCc3ccsc3)c2)C1. The Labute approximate surface area is 175 Å². The van der Waals surface area contributed by atoms with Crippen molar-refractivity contribution in [3.05, 3.63) is 70.4 Å². The zero-order valence-electron chi connectivity index (χ0n) is 15.7. The van der Waals surface area contributed by atoms with Gasteiger partial charge in [0, 0.05) is 24.3 Å². The van der Waals surface area contributed by atoms with E-state index in [9.17, 15) is 18.0 Å². The standard InChI is InChI=1S/C22H18F3NO3S/c23-22(24,25)17-4-5-20(29-12-14-6-7-30-13-14)19(9-17)15-2-1-3-18(8-15)26-10-16(11-26)21(27)28/h1-9,13,16H,10-12H2,(H,27,28). The normalized spacial score (nSPS) is 14.4. The number of carboxylic acids is 1. The molecule has 0 atom stereocenters. The number of anilines is 1. The number of carbonyl (C=O) groups is 1. The minimum atomic E-state index is -4.47. The minimum Gasteiger partial charge on any atom is -0.488 e.